The Morgan fingerprint density at radius 2 is 1.67 bits per heavy atom. The van der Waals surface area contributed by atoms with E-state index in [4.69, 9.17) is 23.2 Å². The van der Waals surface area contributed by atoms with Gasteiger partial charge in [-0.2, -0.15) is 5.10 Å². The van der Waals surface area contributed by atoms with Crippen molar-refractivity contribution in [2.45, 2.75) is 6.54 Å². The van der Waals surface area contributed by atoms with Crippen molar-refractivity contribution >= 4 is 29.4 Å². The lowest BCUT2D eigenvalue weighted by Crippen LogP contribution is -2.43. The zero-order valence-electron chi connectivity index (χ0n) is 13.1. The van der Waals surface area contributed by atoms with Crippen LogP contribution in [0.25, 0.3) is 0 Å². The molecule has 3 nitrogen and oxygen atoms in total. The van der Waals surface area contributed by atoms with Crippen molar-refractivity contribution in [3.8, 4) is 0 Å². The van der Waals surface area contributed by atoms with Crippen LogP contribution in [0.1, 0.15) is 11.1 Å². The summed E-state index contributed by atoms with van der Waals surface area (Å²) >= 11 is 12.2. The molecule has 0 aromatic heterocycles. The standard InChI is InChI=1S/C18H18Cl2FN3/c19-16-5-2-1-4-14(16)13-23-8-10-24(11-9-23)22-12-15-17(20)6-3-7-18(15)21/h1-7,12H,8-11,13H2/b22-12-. The molecule has 0 aliphatic carbocycles. The van der Waals surface area contributed by atoms with Crippen molar-refractivity contribution in [1.82, 2.24) is 9.91 Å². The minimum absolute atomic E-state index is 0.331. The van der Waals surface area contributed by atoms with Crippen LogP contribution < -0.4 is 0 Å². The number of halogens is 3. The third kappa shape index (κ3) is 4.26. The molecule has 0 bridgehead atoms. The van der Waals surface area contributed by atoms with Gasteiger partial charge in [0, 0.05) is 43.3 Å². The first-order valence-corrected chi connectivity index (χ1v) is 8.58. The second kappa shape index (κ2) is 7.97. The Bertz CT molecular complexity index is 708. The highest BCUT2D eigenvalue weighted by atomic mass is 35.5. The van der Waals surface area contributed by atoms with Crippen LogP contribution in [0, 0.1) is 5.82 Å². The Labute approximate surface area is 151 Å². The summed E-state index contributed by atoms with van der Waals surface area (Å²) in [6, 6.07) is 12.5. The van der Waals surface area contributed by atoms with Gasteiger partial charge in [-0.25, -0.2) is 4.39 Å². The number of rotatable bonds is 4. The van der Waals surface area contributed by atoms with E-state index >= 15 is 0 Å². The summed E-state index contributed by atoms with van der Waals surface area (Å²) in [6.07, 6.45) is 1.50. The number of nitrogens with zero attached hydrogens (tertiary/aromatic N) is 3. The van der Waals surface area contributed by atoms with E-state index in [2.05, 4.69) is 10.0 Å². The lowest BCUT2D eigenvalue weighted by Gasteiger charge is -2.33. The van der Waals surface area contributed by atoms with E-state index in [1.54, 1.807) is 12.1 Å². The maximum absolute atomic E-state index is 13.7. The molecule has 1 saturated heterocycles. The Hall–Kier alpha value is -1.62. The predicted octanol–water partition coefficient (Wildman–Crippen LogP) is 4.28. The van der Waals surface area contributed by atoms with Gasteiger partial charge in [-0.15, -0.1) is 0 Å². The average molecular weight is 366 g/mol. The number of hydrogen-bond acceptors (Lipinski definition) is 3. The lowest BCUT2D eigenvalue weighted by molar-refractivity contribution is 0.131. The van der Waals surface area contributed by atoms with Crippen LogP contribution >= 0.6 is 23.2 Å². The van der Waals surface area contributed by atoms with Gasteiger partial charge in [0.1, 0.15) is 5.82 Å². The van der Waals surface area contributed by atoms with Crippen molar-refractivity contribution in [2.24, 2.45) is 5.10 Å². The molecule has 6 heteroatoms. The van der Waals surface area contributed by atoms with Crippen molar-refractivity contribution in [3.05, 3.63) is 69.5 Å². The van der Waals surface area contributed by atoms with Gasteiger partial charge in [-0.1, -0.05) is 47.5 Å². The van der Waals surface area contributed by atoms with Gasteiger partial charge in [-0.3, -0.25) is 9.91 Å². The Kier molecular flexibility index (Phi) is 5.72. The second-order valence-corrected chi connectivity index (χ2v) is 6.52. The van der Waals surface area contributed by atoms with Gasteiger partial charge in [0.15, 0.2) is 0 Å². The second-order valence-electron chi connectivity index (χ2n) is 5.70. The van der Waals surface area contributed by atoms with E-state index in [9.17, 15) is 4.39 Å². The van der Waals surface area contributed by atoms with Gasteiger partial charge in [0.25, 0.3) is 0 Å². The maximum atomic E-state index is 13.7. The van der Waals surface area contributed by atoms with Crippen LogP contribution in [0.2, 0.25) is 10.0 Å². The highest BCUT2D eigenvalue weighted by Gasteiger charge is 2.16. The smallest absolute Gasteiger partial charge is 0.133 e. The first-order valence-electron chi connectivity index (χ1n) is 7.82. The van der Waals surface area contributed by atoms with E-state index in [0.29, 0.717) is 10.6 Å². The van der Waals surface area contributed by atoms with Crippen LogP contribution in [0.3, 0.4) is 0 Å². The van der Waals surface area contributed by atoms with Crippen LogP contribution in [-0.4, -0.2) is 42.3 Å². The number of benzene rings is 2. The van der Waals surface area contributed by atoms with Gasteiger partial charge in [-0.05, 0) is 23.8 Å². The molecule has 1 aliphatic heterocycles. The summed E-state index contributed by atoms with van der Waals surface area (Å²) in [5.41, 5.74) is 1.46. The molecule has 3 rings (SSSR count). The third-order valence-electron chi connectivity index (χ3n) is 4.05. The quantitative estimate of drug-likeness (QED) is 0.752. The number of hydrazone groups is 1. The first kappa shape index (κ1) is 17.2. The Morgan fingerprint density at radius 3 is 2.38 bits per heavy atom. The molecule has 0 atom stereocenters. The Balaban J connectivity index is 1.56. The Morgan fingerprint density at radius 1 is 0.958 bits per heavy atom. The zero-order valence-corrected chi connectivity index (χ0v) is 14.6. The highest BCUT2D eigenvalue weighted by Crippen LogP contribution is 2.19. The molecule has 1 heterocycles. The van der Waals surface area contributed by atoms with Crippen molar-refractivity contribution < 1.29 is 4.39 Å². The molecule has 0 N–H and O–H groups in total. The SMILES string of the molecule is Fc1cccc(Cl)c1/C=N\N1CCN(Cc2ccccc2Cl)CC1. The summed E-state index contributed by atoms with van der Waals surface area (Å²) in [7, 11) is 0. The molecule has 126 valence electrons. The zero-order chi connectivity index (χ0) is 16.9. The summed E-state index contributed by atoms with van der Waals surface area (Å²) in [6.45, 7) is 4.16. The van der Waals surface area contributed by atoms with Crippen LogP contribution in [0.15, 0.2) is 47.6 Å². The number of hydrogen-bond donors (Lipinski definition) is 0. The van der Waals surface area contributed by atoms with E-state index in [1.807, 2.05) is 29.3 Å². The van der Waals surface area contributed by atoms with E-state index in [-0.39, 0.29) is 5.82 Å². The predicted molar refractivity (Wildman–Crippen MR) is 97.3 cm³/mol. The van der Waals surface area contributed by atoms with Crippen molar-refractivity contribution in [3.63, 3.8) is 0 Å². The number of piperazine rings is 1. The molecule has 0 radical (unpaired) electrons. The normalized spacial score (nSPS) is 16.0. The first-order chi connectivity index (χ1) is 11.6. The van der Waals surface area contributed by atoms with Gasteiger partial charge >= 0.3 is 0 Å². The maximum Gasteiger partial charge on any atom is 0.133 e. The van der Waals surface area contributed by atoms with Gasteiger partial charge in [0.05, 0.1) is 11.2 Å². The van der Waals surface area contributed by atoms with Crippen LogP contribution in [0.5, 0.6) is 0 Å². The van der Waals surface area contributed by atoms with Crippen LogP contribution in [0.4, 0.5) is 4.39 Å². The minimum Gasteiger partial charge on any atom is -0.295 e. The van der Waals surface area contributed by atoms with E-state index in [1.165, 1.54) is 12.3 Å². The molecule has 1 fully saturated rings. The summed E-state index contributed by atoms with van der Waals surface area (Å²) < 4.78 is 13.7. The van der Waals surface area contributed by atoms with Gasteiger partial charge < -0.3 is 0 Å². The van der Waals surface area contributed by atoms with Crippen LogP contribution in [-0.2, 0) is 6.54 Å². The minimum atomic E-state index is -0.358. The highest BCUT2D eigenvalue weighted by molar-refractivity contribution is 6.33. The largest absolute Gasteiger partial charge is 0.295 e. The third-order valence-corrected chi connectivity index (χ3v) is 4.75. The molecule has 0 unspecified atom stereocenters. The van der Waals surface area contributed by atoms with E-state index < -0.39 is 0 Å². The summed E-state index contributed by atoms with van der Waals surface area (Å²) in [5, 5.41) is 7.47. The molecule has 0 saturated carbocycles. The summed E-state index contributed by atoms with van der Waals surface area (Å²) in [5.74, 6) is -0.358. The lowest BCUT2D eigenvalue weighted by atomic mass is 10.2. The van der Waals surface area contributed by atoms with Crippen molar-refractivity contribution in [1.29, 1.82) is 0 Å². The molecule has 2 aromatic rings. The molecule has 2 aromatic carbocycles. The molecule has 1 aliphatic rings. The molecule has 0 amide bonds. The average Bonchev–Trinajstić information content (AvgIpc) is 2.58. The molecular weight excluding hydrogens is 348 g/mol. The van der Waals surface area contributed by atoms with Crippen molar-refractivity contribution in [2.75, 3.05) is 26.2 Å². The van der Waals surface area contributed by atoms with Gasteiger partial charge in [0.2, 0.25) is 0 Å². The fourth-order valence-electron chi connectivity index (χ4n) is 2.65. The topological polar surface area (TPSA) is 18.8 Å². The monoisotopic (exact) mass is 365 g/mol. The summed E-state index contributed by atoms with van der Waals surface area (Å²) in [4.78, 5) is 2.34. The molecule has 24 heavy (non-hydrogen) atoms. The molecular formula is C18H18Cl2FN3. The molecule has 0 spiro atoms. The van der Waals surface area contributed by atoms with E-state index in [0.717, 1.165) is 43.3 Å². The fourth-order valence-corrected chi connectivity index (χ4v) is 3.06. The fraction of sp³-hybridized carbons (Fsp3) is 0.278.